The zero-order valence-electron chi connectivity index (χ0n) is 64.3. The van der Waals surface area contributed by atoms with Crippen molar-refractivity contribution in [2.45, 2.75) is 360 Å². The van der Waals surface area contributed by atoms with E-state index in [9.17, 15) is 9.59 Å². The molecule has 0 N–H and O–H groups in total. The van der Waals surface area contributed by atoms with Gasteiger partial charge in [-0.05, 0) is 182 Å². The van der Waals surface area contributed by atoms with Gasteiger partial charge in [0.25, 0.3) is 0 Å². The van der Waals surface area contributed by atoms with Crippen molar-refractivity contribution in [2.24, 2.45) is 0 Å². The van der Waals surface area contributed by atoms with Crippen molar-refractivity contribution in [1.82, 2.24) is 9.80 Å². The van der Waals surface area contributed by atoms with Crippen LogP contribution in [-0.4, -0.2) is 127 Å². The quantitative estimate of drug-likeness (QED) is 0.0333. The number of allylic oxidation sites excluding steroid dienone is 16. The maximum absolute atomic E-state index is 14.1. The zero-order valence-corrected chi connectivity index (χ0v) is 64.3. The van der Waals surface area contributed by atoms with Gasteiger partial charge in [-0.25, -0.2) is 0 Å². The van der Waals surface area contributed by atoms with E-state index in [-0.39, 0.29) is 26.3 Å². The molecule has 0 aliphatic heterocycles. The minimum atomic E-state index is -1.00. The molecule has 0 aromatic rings. The first-order valence-corrected chi connectivity index (χ1v) is 40.5. The summed E-state index contributed by atoms with van der Waals surface area (Å²) in [4.78, 5) is 31.8. The van der Waals surface area contributed by atoms with Crippen LogP contribution in [0.1, 0.15) is 336 Å². The molecule has 0 aromatic heterocycles. The second-order valence-electron chi connectivity index (χ2n) is 27.7. The highest BCUT2D eigenvalue weighted by atomic mass is 16.6. The topological polar surface area (TPSA) is 96.0 Å². The third-order valence-electron chi connectivity index (χ3n) is 17.4. The summed E-state index contributed by atoms with van der Waals surface area (Å²) in [5, 5.41) is 0. The van der Waals surface area contributed by atoms with Crippen molar-refractivity contribution in [3.05, 3.63) is 97.2 Å². The average Bonchev–Trinajstić information content (AvgIpc) is 0.865. The Hall–Kier alpha value is -3.38. The lowest BCUT2D eigenvalue weighted by atomic mass is 10.0. The van der Waals surface area contributed by atoms with Crippen LogP contribution in [0.3, 0.4) is 0 Å². The molecule has 0 fully saturated rings. The minimum absolute atomic E-state index is 0.0592. The Balaban J connectivity index is 6.37. The highest BCUT2D eigenvalue weighted by molar-refractivity contribution is 5.73. The predicted octanol–water partition coefficient (Wildman–Crippen LogP) is 24.0. The molecule has 0 aliphatic carbocycles. The molecular weight excluding hydrogens is 1190 g/mol. The lowest BCUT2D eigenvalue weighted by Crippen LogP contribution is -2.54. The number of carbonyl (C=O) groups excluding carboxylic acids is 2. The molecular formula is C86H156N2O8. The summed E-state index contributed by atoms with van der Waals surface area (Å²) in [5.41, 5.74) is 0. The van der Waals surface area contributed by atoms with Gasteiger partial charge in [0.15, 0.2) is 12.2 Å². The van der Waals surface area contributed by atoms with Crippen LogP contribution in [0.2, 0.25) is 0 Å². The molecule has 0 saturated carbocycles. The highest BCUT2D eigenvalue weighted by Crippen LogP contribution is 2.23. The lowest BCUT2D eigenvalue weighted by Gasteiger charge is -2.37. The van der Waals surface area contributed by atoms with E-state index in [1.807, 2.05) is 38.0 Å². The van der Waals surface area contributed by atoms with Crippen molar-refractivity contribution < 1.29 is 38.0 Å². The van der Waals surface area contributed by atoms with Gasteiger partial charge < -0.3 is 28.4 Å². The normalized spacial score (nSPS) is 13.8. The maximum atomic E-state index is 14.1. The van der Waals surface area contributed by atoms with Crippen LogP contribution in [-0.2, 0) is 38.0 Å². The van der Waals surface area contributed by atoms with Gasteiger partial charge in [-0.15, -0.1) is 0 Å². The number of carbonyl (C=O) groups is 2. The average molecular weight is 1350 g/mol. The largest absolute Gasteiger partial charge is 0.454 e. The Kier molecular flexibility index (Phi) is 74.6. The summed E-state index contributed by atoms with van der Waals surface area (Å²) in [6, 6.07) is 0. The molecule has 96 heavy (non-hydrogen) atoms. The van der Waals surface area contributed by atoms with E-state index >= 15 is 0 Å². The summed E-state index contributed by atoms with van der Waals surface area (Å²) in [6.07, 6.45) is 89.6. The number of rotatable bonds is 75. The molecule has 0 amide bonds. The number of nitrogens with zero attached hydrogens (tertiary/aromatic N) is 2. The van der Waals surface area contributed by atoms with E-state index in [0.29, 0.717) is 26.4 Å². The minimum Gasteiger partial charge on any atom is -0.454 e. The number of hydrogen-bond acceptors (Lipinski definition) is 10. The van der Waals surface area contributed by atoms with E-state index in [1.54, 1.807) is 0 Å². The molecule has 558 valence electrons. The first-order chi connectivity index (χ1) is 47.2. The third kappa shape index (κ3) is 69.1. The summed E-state index contributed by atoms with van der Waals surface area (Å²) < 4.78 is 40.0. The number of hydrogen-bond donors (Lipinski definition) is 0. The Morgan fingerprint density at radius 3 is 0.708 bits per heavy atom. The number of esters is 2. The predicted molar refractivity (Wildman–Crippen MR) is 415 cm³/mol. The summed E-state index contributed by atoms with van der Waals surface area (Å²) in [5.74, 6) is -0.838. The Labute approximate surface area is 595 Å². The molecule has 0 spiro atoms. The van der Waals surface area contributed by atoms with Crippen LogP contribution in [0.4, 0.5) is 0 Å². The monoisotopic (exact) mass is 1350 g/mol. The Bertz CT molecular complexity index is 1740. The lowest BCUT2D eigenvalue weighted by molar-refractivity contribution is -0.206. The van der Waals surface area contributed by atoms with Crippen LogP contribution in [0.25, 0.3) is 0 Å². The molecule has 0 saturated heterocycles. The van der Waals surface area contributed by atoms with Gasteiger partial charge in [-0.2, -0.15) is 0 Å². The number of unbranched alkanes of at least 4 members (excludes halogenated alkanes) is 36. The second-order valence-corrected chi connectivity index (χ2v) is 27.7. The van der Waals surface area contributed by atoms with Crippen LogP contribution in [0.5, 0.6) is 0 Å². The van der Waals surface area contributed by atoms with E-state index in [1.165, 1.54) is 193 Å². The summed E-state index contributed by atoms with van der Waals surface area (Å²) in [7, 11) is 7.45. The van der Waals surface area contributed by atoms with E-state index in [0.717, 1.165) is 116 Å². The number of likely N-dealkylation sites (N-methyl/N-ethyl adjacent to an activating group) is 2. The number of ether oxygens (including phenoxy) is 6. The molecule has 4 unspecified atom stereocenters. The van der Waals surface area contributed by atoms with Crippen molar-refractivity contribution in [3.63, 3.8) is 0 Å². The van der Waals surface area contributed by atoms with Gasteiger partial charge in [0.05, 0.1) is 26.3 Å². The van der Waals surface area contributed by atoms with Crippen LogP contribution in [0.15, 0.2) is 97.2 Å². The van der Waals surface area contributed by atoms with Crippen molar-refractivity contribution in [2.75, 3.05) is 80.9 Å². The second kappa shape index (κ2) is 77.4. The van der Waals surface area contributed by atoms with Crippen LogP contribution >= 0.6 is 0 Å². The molecule has 0 bridgehead atoms. The van der Waals surface area contributed by atoms with E-state index < -0.39 is 36.4 Å². The van der Waals surface area contributed by atoms with Gasteiger partial charge in [0.2, 0.25) is 0 Å². The zero-order chi connectivity index (χ0) is 69.8. The van der Waals surface area contributed by atoms with Crippen molar-refractivity contribution >= 4 is 11.9 Å². The first-order valence-electron chi connectivity index (χ1n) is 40.5. The molecule has 0 heterocycles. The fraction of sp³-hybridized carbons (Fsp3) is 0.791. The molecule has 10 nitrogen and oxygen atoms in total. The molecule has 0 radical (unpaired) electrons. The maximum Gasteiger partial charge on any atom is 0.320 e. The van der Waals surface area contributed by atoms with E-state index in [2.05, 4.69) is 125 Å². The summed E-state index contributed by atoms with van der Waals surface area (Å²) >= 11 is 0. The first kappa shape index (κ1) is 92.6. The van der Waals surface area contributed by atoms with Crippen LogP contribution < -0.4 is 0 Å². The van der Waals surface area contributed by atoms with Crippen LogP contribution in [0, 0.1) is 0 Å². The molecule has 4 atom stereocenters. The highest BCUT2D eigenvalue weighted by Gasteiger charge is 2.42. The van der Waals surface area contributed by atoms with Crippen molar-refractivity contribution in [3.8, 4) is 0 Å². The van der Waals surface area contributed by atoms with Gasteiger partial charge >= 0.3 is 11.9 Å². The van der Waals surface area contributed by atoms with Crippen molar-refractivity contribution in [1.29, 1.82) is 0 Å². The molecule has 0 aliphatic rings. The standard InChI is InChI=1S/C86H156N2O8/c1-9-13-17-21-25-29-33-37-41-45-49-53-57-61-65-69-73-91-79-81(93-75-71-67-63-59-55-51-47-43-39-35-31-27-23-19-15-11-3)85(95-83(89)77-87(5)6)86(96-84(90)78-88(7)8)82(94-76-72-68-64-60-56-52-48-44-40-36-32-28-24-20-16-12-4)80-92-74-70-66-62-58-54-50-46-42-38-34-30-26-22-18-14-10-2/h25-32,37-44,81-82,85-86H,9-24,33-36,45-80H2,1-8H3/b29-25-,30-26-,31-27-,32-28-,41-37-,42-38-,43-39-,44-40-. The van der Waals surface area contributed by atoms with Gasteiger partial charge in [-0.1, -0.05) is 279 Å². The molecule has 0 aromatic carbocycles. The van der Waals surface area contributed by atoms with E-state index in [4.69, 9.17) is 28.4 Å². The Morgan fingerprint density at radius 2 is 0.479 bits per heavy atom. The molecule has 0 rings (SSSR count). The van der Waals surface area contributed by atoms with Gasteiger partial charge in [-0.3, -0.25) is 19.4 Å². The smallest absolute Gasteiger partial charge is 0.320 e. The van der Waals surface area contributed by atoms with Gasteiger partial charge in [0, 0.05) is 26.4 Å². The molecule has 10 heteroatoms. The fourth-order valence-corrected chi connectivity index (χ4v) is 11.5. The Morgan fingerprint density at radius 1 is 0.271 bits per heavy atom. The fourth-order valence-electron chi connectivity index (χ4n) is 11.5. The summed E-state index contributed by atoms with van der Waals surface area (Å²) in [6.45, 7) is 11.6. The van der Waals surface area contributed by atoms with Gasteiger partial charge in [0.1, 0.15) is 12.2 Å². The SMILES string of the molecule is CCCCC/C=C\C/C=C\CCCCCCCCOCC(OCCCCCCCC/C=C\C/C=C\CCCCC)C(OC(=O)CN(C)C)C(OC(=O)CN(C)C)C(COCCCCCCCC/C=C\C/C=C\CCCCC)OCCCCCCCC/C=C\C/C=C\CCCCC. The third-order valence-corrected chi connectivity index (χ3v) is 17.4.